The van der Waals surface area contributed by atoms with Crippen molar-refractivity contribution < 1.29 is 0 Å². The van der Waals surface area contributed by atoms with Gasteiger partial charge in [0.1, 0.15) is 5.82 Å². The fraction of sp³-hybridized carbons (Fsp3) is 0.214. The van der Waals surface area contributed by atoms with E-state index in [0.29, 0.717) is 5.82 Å². The first kappa shape index (κ1) is 11.4. The molecular formula is C14H15N3. The number of fused-ring (bicyclic) bond motifs is 1. The fourth-order valence-electron chi connectivity index (χ4n) is 1.66. The molecule has 3 nitrogen and oxygen atoms in total. The quantitative estimate of drug-likeness (QED) is 0.605. The summed E-state index contributed by atoms with van der Waals surface area (Å²) in [5, 5.41) is 5.09. The number of benzene rings is 1. The summed E-state index contributed by atoms with van der Waals surface area (Å²) in [6.45, 7) is 0.896. The van der Waals surface area contributed by atoms with Crippen molar-refractivity contribution in [2.75, 3.05) is 19.3 Å². The van der Waals surface area contributed by atoms with Crippen molar-refractivity contribution in [3.63, 3.8) is 0 Å². The van der Waals surface area contributed by atoms with Gasteiger partial charge < -0.3 is 11.1 Å². The number of rotatable bonds is 2. The summed E-state index contributed by atoms with van der Waals surface area (Å²) in [5.74, 6) is 6.82. The van der Waals surface area contributed by atoms with Crippen molar-refractivity contribution in [1.82, 2.24) is 10.3 Å². The zero-order valence-electron chi connectivity index (χ0n) is 9.83. The molecule has 0 amide bonds. The first-order chi connectivity index (χ1) is 8.33. The van der Waals surface area contributed by atoms with Crippen LogP contribution in [0, 0.1) is 11.8 Å². The van der Waals surface area contributed by atoms with Crippen LogP contribution in [0.2, 0.25) is 0 Å². The standard InChI is InChI=1S/C14H15N3/c1-16-9-5-4-6-11-10-17-14(15)13-8-3-2-7-12(11)13/h2-3,7-8,10,16H,5,9H2,1H3,(H2,15,17). The lowest BCUT2D eigenvalue weighted by Crippen LogP contribution is -2.05. The van der Waals surface area contributed by atoms with Gasteiger partial charge in [-0.25, -0.2) is 4.98 Å². The van der Waals surface area contributed by atoms with Crippen molar-refractivity contribution in [3.8, 4) is 11.8 Å². The monoisotopic (exact) mass is 225 g/mol. The highest BCUT2D eigenvalue weighted by Crippen LogP contribution is 2.21. The molecule has 0 bridgehead atoms. The summed E-state index contributed by atoms with van der Waals surface area (Å²) in [4.78, 5) is 4.17. The second-order valence-corrected chi connectivity index (χ2v) is 3.76. The summed E-state index contributed by atoms with van der Waals surface area (Å²) < 4.78 is 0. The predicted octanol–water partition coefficient (Wildman–Crippen LogP) is 1.78. The number of nitrogen functional groups attached to an aromatic ring is 1. The van der Waals surface area contributed by atoms with Crippen LogP contribution < -0.4 is 11.1 Å². The second-order valence-electron chi connectivity index (χ2n) is 3.76. The molecule has 2 aromatic rings. The molecular weight excluding hydrogens is 210 g/mol. The van der Waals surface area contributed by atoms with E-state index < -0.39 is 0 Å². The van der Waals surface area contributed by atoms with E-state index in [1.807, 2.05) is 31.3 Å². The number of nitrogens with two attached hydrogens (primary N) is 1. The van der Waals surface area contributed by atoms with E-state index in [1.54, 1.807) is 6.20 Å². The molecule has 1 aromatic carbocycles. The molecule has 0 saturated heterocycles. The second kappa shape index (κ2) is 5.33. The largest absolute Gasteiger partial charge is 0.383 e. The lowest BCUT2D eigenvalue weighted by atomic mass is 10.1. The van der Waals surface area contributed by atoms with Crippen LogP contribution in [0.3, 0.4) is 0 Å². The summed E-state index contributed by atoms with van der Waals surface area (Å²) in [5.41, 5.74) is 6.77. The van der Waals surface area contributed by atoms with Gasteiger partial charge in [0, 0.05) is 29.9 Å². The van der Waals surface area contributed by atoms with E-state index in [1.165, 1.54) is 0 Å². The van der Waals surface area contributed by atoms with Gasteiger partial charge in [-0.2, -0.15) is 0 Å². The maximum Gasteiger partial charge on any atom is 0.131 e. The Bertz CT molecular complexity index is 579. The van der Waals surface area contributed by atoms with Crippen molar-refractivity contribution in [2.24, 2.45) is 0 Å². The van der Waals surface area contributed by atoms with Crippen molar-refractivity contribution in [2.45, 2.75) is 6.42 Å². The zero-order valence-corrected chi connectivity index (χ0v) is 9.83. The third kappa shape index (κ3) is 2.55. The number of hydrogen-bond donors (Lipinski definition) is 2. The average molecular weight is 225 g/mol. The molecule has 0 spiro atoms. The van der Waals surface area contributed by atoms with E-state index in [2.05, 4.69) is 22.1 Å². The molecule has 86 valence electrons. The van der Waals surface area contributed by atoms with Gasteiger partial charge in [-0.05, 0) is 7.05 Å². The summed E-state index contributed by atoms with van der Waals surface area (Å²) in [7, 11) is 1.92. The Hall–Kier alpha value is -2.05. The molecule has 3 heteroatoms. The predicted molar refractivity (Wildman–Crippen MR) is 71.6 cm³/mol. The topological polar surface area (TPSA) is 50.9 Å². The van der Waals surface area contributed by atoms with E-state index in [4.69, 9.17) is 5.73 Å². The number of nitrogens with zero attached hydrogens (tertiary/aromatic N) is 1. The molecule has 1 heterocycles. The van der Waals surface area contributed by atoms with Crippen LogP contribution in [0.5, 0.6) is 0 Å². The Morgan fingerprint density at radius 2 is 2.06 bits per heavy atom. The molecule has 0 atom stereocenters. The van der Waals surface area contributed by atoms with Crippen molar-refractivity contribution in [3.05, 3.63) is 36.0 Å². The molecule has 0 aliphatic carbocycles. The molecule has 1 aromatic heterocycles. The van der Waals surface area contributed by atoms with Gasteiger partial charge in [-0.1, -0.05) is 36.1 Å². The van der Waals surface area contributed by atoms with E-state index in [9.17, 15) is 0 Å². The molecule has 0 unspecified atom stereocenters. The van der Waals surface area contributed by atoms with Crippen LogP contribution in [-0.2, 0) is 0 Å². The molecule has 0 aliphatic heterocycles. The highest BCUT2D eigenvalue weighted by atomic mass is 14.8. The Morgan fingerprint density at radius 3 is 2.82 bits per heavy atom. The highest BCUT2D eigenvalue weighted by molar-refractivity contribution is 5.94. The van der Waals surface area contributed by atoms with Crippen LogP contribution >= 0.6 is 0 Å². The number of aromatic nitrogens is 1. The minimum atomic E-state index is 0.557. The van der Waals surface area contributed by atoms with Gasteiger partial charge in [0.25, 0.3) is 0 Å². The third-order valence-electron chi connectivity index (χ3n) is 2.55. The first-order valence-electron chi connectivity index (χ1n) is 5.59. The Kier molecular flexibility index (Phi) is 3.59. The molecule has 2 rings (SSSR count). The molecule has 17 heavy (non-hydrogen) atoms. The van der Waals surface area contributed by atoms with Gasteiger partial charge in [-0.15, -0.1) is 0 Å². The highest BCUT2D eigenvalue weighted by Gasteiger charge is 2.01. The van der Waals surface area contributed by atoms with Gasteiger partial charge in [0.15, 0.2) is 0 Å². The summed E-state index contributed by atoms with van der Waals surface area (Å²) in [6.07, 6.45) is 2.57. The van der Waals surface area contributed by atoms with Crippen molar-refractivity contribution >= 4 is 16.6 Å². The molecule has 0 fully saturated rings. The molecule has 0 saturated carbocycles. The smallest absolute Gasteiger partial charge is 0.131 e. The Morgan fingerprint density at radius 1 is 1.29 bits per heavy atom. The van der Waals surface area contributed by atoms with Crippen LogP contribution in [0.1, 0.15) is 12.0 Å². The van der Waals surface area contributed by atoms with Gasteiger partial charge in [0.2, 0.25) is 0 Å². The molecule has 0 radical (unpaired) electrons. The van der Waals surface area contributed by atoms with Crippen LogP contribution in [0.25, 0.3) is 10.8 Å². The van der Waals surface area contributed by atoms with E-state index in [-0.39, 0.29) is 0 Å². The van der Waals surface area contributed by atoms with Gasteiger partial charge in [0.05, 0.1) is 5.56 Å². The van der Waals surface area contributed by atoms with Crippen LogP contribution in [0.4, 0.5) is 5.82 Å². The van der Waals surface area contributed by atoms with Gasteiger partial charge in [-0.3, -0.25) is 0 Å². The minimum absolute atomic E-state index is 0.557. The Labute approximate surface area is 101 Å². The SMILES string of the molecule is CNCCC#Cc1cnc(N)c2ccccc12. The lowest BCUT2D eigenvalue weighted by molar-refractivity contribution is 0.818. The molecule has 0 aliphatic rings. The number of anilines is 1. The zero-order chi connectivity index (χ0) is 12.1. The van der Waals surface area contributed by atoms with Gasteiger partial charge >= 0.3 is 0 Å². The third-order valence-corrected chi connectivity index (χ3v) is 2.55. The Balaban J connectivity index is 2.40. The molecule has 3 N–H and O–H groups in total. The maximum atomic E-state index is 5.83. The summed E-state index contributed by atoms with van der Waals surface area (Å²) in [6, 6.07) is 7.94. The lowest BCUT2D eigenvalue weighted by Gasteiger charge is -2.02. The van der Waals surface area contributed by atoms with Crippen LogP contribution in [-0.4, -0.2) is 18.6 Å². The maximum absolute atomic E-state index is 5.83. The average Bonchev–Trinajstić information content (AvgIpc) is 2.37. The first-order valence-corrected chi connectivity index (χ1v) is 5.59. The number of hydrogen-bond acceptors (Lipinski definition) is 3. The number of pyridine rings is 1. The normalized spacial score (nSPS) is 9.94. The van der Waals surface area contributed by atoms with E-state index in [0.717, 1.165) is 29.3 Å². The summed E-state index contributed by atoms with van der Waals surface area (Å²) >= 11 is 0. The number of nitrogens with one attached hydrogen (secondary N) is 1. The van der Waals surface area contributed by atoms with Crippen molar-refractivity contribution in [1.29, 1.82) is 0 Å². The fourth-order valence-corrected chi connectivity index (χ4v) is 1.66. The minimum Gasteiger partial charge on any atom is -0.383 e. The van der Waals surface area contributed by atoms with Crippen LogP contribution in [0.15, 0.2) is 30.5 Å². The van der Waals surface area contributed by atoms with E-state index >= 15 is 0 Å².